The van der Waals surface area contributed by atoms with Gasteiger partial charge in [-0.25, -0.2) is 0 Å². The Bertz CT molecular complexity index is 546. The molecule has 0 aliphatic heterocycles. The molecule has 0 aliphatic carbocycles. The summed E-state index contributed by atoms with van der Waals surface area (Å²) in [6, 6.07) is 18.2. The Morgan fingerprint density at radius 1 is 0.905 bits per heavy atom. The highest BCUT2D eigenvalue weighted by atomic mass is 35.5. The Morgan fingerprint density at radius 2 is 1.48 bits per heavy atom. The van der Waals surface area contributed by atoms with Crippen LogP contribution in [0.5, 0.6) is 0 Å². The molecular weight excluding hydrogens is 282 g/mol. The summed E-state index contributed by atoms with van der Waals surface area (Å²) in [5.41, 5.74) is 2.30. The van der Waals surface area contributed by atoms with Crippen molar-refractivity contribution in [3.05, 3.63) is 70.7 Å². The summed E-state index contributed by atoms with van der Waals surface area (Å²) < 4.78 is 7.06. The Labute approximate surface area is 132 Å². The molecule has 0 saturated carbocycles. The topological polar surface area (TPSA) is 9.23 Å². The first-order chi connectivity index (χ1) is 9.96. The van der Waals surface area contributed by atoms with Gasteiger partial charge in [0.15, 0.2) is 0 Å². The summed E-state index contributed by atoms with van der Waals surface area (Å²) in [5, 5.41) is 0.747. The Kier molecular flexibility index (Phi) is 5.40. The maximum absolute atomic E-state index is 6.17. The van der Waals surface area contributed by atoms with Gasteiger partial charge in [0.2, 0.25) is 0 Å². The number of hydrogen-bond acceptors (Lipinski definition) is 1. The van der Waals surface area contributed by atoms with Crippen molar-refractivity contribution in [3.63, 3.8) is 0 Å². The molecule has 112 valence electrons. The van der Waals surface area contributed by atoms with Gasteiger partial charge in [-0.05, 0) is 23.3 Å². The third-order valence-electron chi connectivity index (χ3n) is 3.32. The first-order valence-corrected chi connectivity index (χ1v) is 7.56. The van der Waals surface area contributed by atoms with Crippen LogP contribution < -0.4 is 0 Å². The molecule has 0 spiro atoms. The molecule has 0 bridgehead atoms. The number of ether oxygens (including phenoxy) is 1. The van der Waals surface area contributed by atoms with Gasteiger partial charge < -0.3 is 9.22 Å². The monoisotopic (exact) mass is 304 g/mol. The zero-order valence-corrected chi connectivity index (χ0v) is 13.7. The molecule has 2 nitrogen and oxygen atoms in total. The lowest BCUT2D eigenvalue weighted by atomic mass is 10.0. The second-order valence-electron chi connectivity index (χ2n) is 6.23. The molecule has 0 heterocycles. The Morgan fingerprint density at radius 3 is 2.05 bits per heavy atom. The summed E-state index contributed by atoms with van der Waals surface area (Å²) in [5.74, 6) is 0. The summed E-state index contributed by atoms with van der Waals surface area (Å²) >= 11 is 5.98. The van der Waals surface area contributed by atoms with E-state index in [0.29, 0.717) is 6.61 Å². The highest BCUT2D eigenvalue weighted by molar-refractivity contribution is 6.30. The third kappa shape index (κ3) is 5.16. The van der Waals surface area contributed by atoms with Crippen LogP contribution in [0.1, 0.15) is 17.2 Å². The van der Waals surface area contributed by atoms with Crippen molar-refractivity contribution in [2.75, 3.05) is 34.3 Å². The highest BCUT2D eigenvalue weighted by Gasteiger charge is 2.16. The number of rotatable bonds is 6. The fraction of sp³-hybridized carbons (Fsp3) is 0.333. The number of benzene rings is 2. The predicted octanol–water partition coefficient (Wildman–Crippen LogP) is 4.15. The number of hydrogen-bond donors (Lipinski definition) is 0. The first-order valence-electron chi connectivity index (χ1n) is 7.18. The average Bonchev–Trinajstić information content (AvgIpc) is 2.45. The van der Waals surface area contributed by atoms with Gasteiger partial charge in [0.1, 0.15) is 12.6 Å². The Balaban J connectivity index is 2.17. The van der Waals surface area contributed by atoms with E-state index in [0.717, 1.165) is 21.6 Å². The largest absolute Gasteiger partial charge is 0.363 e. The van der Waals surface area contributed by atoms with Crippen molar-refractivity contribution >= 4 is 11.6 Å². The molecule has 0 aliphatic rings. The molecule has 2 aromatic carbocycles. The van der Waals surface area contributed by atoms with Gasteiger partial charge in [0, 0.05) is 5.02 Å². The minimum atomic E-state index is -0.0463. The van der Waals surface area contributed by atoms with Gasteiger partial charge >= 0.3 is 0 Å². The van der Waals surface area contributed by atoms with E-state index in [9.17, 15) is 0 Å². The molecule has 0 radical (unpaired) electrons. The molecule has 0 aromatic heterocycles. The van der Waals surface area contributed by atoms with Gasteiger partial charge in [-0.2, -0.15) is 0 Å². The molecule has 0 amide bonds. The third-order valence-corrected chi connectivity index (χ3v) is 3.57. The van der Waals surface area contributed by atoms with Crippen LogP contribution in [0.15, 0.2) is 54.6 Å². The van der Waals surface area contributed by atoms with Crippen molar-refractivity contribution in [3.8, 4) is 0 Å². The van der Waals surface area contributed by atoms with Crippen LogP contribution in [-0.2, 0) is 4.74 Å². The minimum Gasteiger partial charge on any atom is -0.363 e. The molecule has 0 fully saturated rings. The van der Waals surface area contributed by atoms with Gasteiger partial charge in [0.25, 0.3) is 0 Å². The van der Waals surface area contributed by atoms with Crippen molar-refractivity contribution in [2.45, 2.75) is 6.10 Å². The maximum atomic E-state index is 6.17. The van der Waals surface area contributed by atoms with E-state index in [1.54, 1.807) is 0 Å². The van der Waals surface area contributed by atoms with Crippen LogP contribution >= 0.6 is 11.6 Å². The lowest BCUT2D eigenvalue weighted by Crippen LogP contribution is -2.37. The van der Waals surface area contributed by atoms with E-state index in [-0.39, 0.29) is 6.10 Å². The smallest absolute Gasteiger partial charge is 0.108 e. The molecule has 1 atom stereocenters. The van der Waals surface area contributed by atoms with Crippen LogP contribution in [0.25, 0.3) is 0 Å². The van der Waals surface area contributed by atoms with Crippen LogP contribution in [0.3, 0.4) is 0 Å². The van der Waals surface area contributed by atoms with E-state index in [2.05, 4.69) is 33.3 Å². The summed E-state index contributed by atoms with van der Waals surface area (Å²) in [7, 11) is 6.51. The fourth-order valence-electron chi connectivity index (χ4n) is 2.09. The second kappa shape index (κ2) is 7.08. The molecule has 0 unspecified atom stereocenters. The maximum Gasteiger partial charge on any atom is 0.108 e. The lowest BCUT2D eigenvalue weighted by Gasteiger charge is -2.26. The van der Waals surface area contributed by atoms with Crippen molar-refractivity contribution in [2.24, 2.45) is 0 Å². The van der Waals surface area contributed by atoms with Gasteiger partial charge in [-0.15, -0.1) is 0 Å². The molecule has 3 heteroatoms. The molecular formula is C18H23ClNO+. The summed E-state index contributed by atoms with van der Waals surface area (Å²) in [6.45, 7) is 1.68. The predicted molar refractivity (Wildman–Crippen MR) is 88.6 cm³/mol. The SMILES string of the molecule is C[N+](C)(C)CCO[C@H](c1ccccc1)c1ccc(Cl)cc1. The van der Waals surface area contributed by atoms with Crippen LogP contribution in [0.2, 0.25) is 5.02 Å². The van der Waals surface area contributed by atoms with Crippen LogP contribution in [0.4, 0.5) is 0 Å². The first kappa shape index (κ1) is 16.0. The number of halogens is 1. The molecule has 21 heavy (non-hydrogen) atoms. The summed E-state index contributed by atoms with van der Waals surface area (Å²) in [6.07, 6.45) is -0.0463. The lowest BCUT2D eigenvalue weighted by molar-refractivity contribution is -0.870. The van der Waals surface area contributed by atoms with Crippen molar-refractivity contribution in [1.29, 1.82) is 0 Å². The van der Waals surface area contributed by atoms with E-state index in [1.165, 1.54) is 5.56 Å². The summed E-state index contributed by atoms with van der Waals surface area (Å²) in [4.78, 5) is 0. The van der Waals surface area contributed by atoms with E-state index in [1.807, 2.05) is 42.5 Å². The van der Waals surface area contributed by atoms with E-state index < -0.39 is 0 Å². The van der Waals surface area contributed by atoms with Crippen molar-refractivity contribution in [1.82, 2.24) is 0 Å². The quantitative estimate of drug-likeness (QED) is 0.728. The molecule has 0 saturated heterocycles. The zero-order chi connectivity index (χ0) is 15.3. The van der Waals surface area contributed by atoms with E-state index in [4.69, 9.17) is 16.3 Å². The van der Waals surface area contributed by atoms with Gasteiger partial charge in [-0.1, -0.05) is 54.1 Å². The molecule has 0 N–H and O–H groups in total. The zero-order valence-electron chi connectivity index (χ0n) is 12.9. The molecule has 2 rings (SSSR count). The highest BCUT2D eigenvalue weighted by Crippen LogP contribution is 2.27. The standard InChI is InChI=1S/C18H23ClNO/c1-20(2,3)13-14-21-18(15-7-5-4-6-8-15)16-9-11-17(19)12-10-16/h4-12,18H,13-14H2,1-3H3/q+1/t18-/m1/s1. The van der Waals surface area contributed by atoms with E-state index >= 15 is 0 Å². The van der Waals surface area contributed by atoms with Gasteiger partial charge in [0.05, 0.1) is 27.7 Å². The Hall–Kier alpha value is -1.35. The fourth-order valence-corrected chi connectivity index (χ4v) is 2.22. The van der Waals surface area contributed by atoms with Crippen LogP contribution in [0, 0.1) is 0 Å². The van der Waals surface area contributed by atoms with Crippen LogP contribution in [-0.4, -0.2) is 38.8 Å². The minimum absolute atomic E-state index is 0.0463. The number of quaternary nitrogens is 1. The normalized spacial score (nSPS) is 13.1. The second-order valence-corrected chi connectivity index (χ2v) is 6.66. The number of nitrogens with zero attached hydrogens (tertiary/aromatic N) is 1. The van der Waals surface area contributed by atoms with Gasteiger partial charge in [-0.3, -0.25) is 0 Å². The van der Waals surface area contributed by atoms with Crippen molar-refractivity contribution < 1.29 is 9.22 Å². The molecule has 2 aromatic rings. The number of likely N-dealkylation sites (N-methyl/N-ethyl adjacent to an activating group) is 1. The average molecular weight is 305 g/mol.